The fourth-order valence-electron chi connectivity index (χ4n) is 2.50. The summed E-state index contributed by atoms with van der Waals surface area (Å²) in [4.78, 5) is 37.9. The Balaban J connectivity index is 1.92. The van der Waals surface area contributed by atoms with Gasteiger partial charge in [-0.2, -0.15) is 0 Å². The van der Waals surface area contributed by atoms with Gasteiger partial charge in [-0.1, -0.05) is 25.4 Å². The molecule has 0 aromatic heterocycles. The molecule has 27 heavy (non-hydrogen) atoms. The number of hydrogen-bond acceptors (Lipinski definition) is 5. The molecule has 3 amide bonds. The first-order valence-corrected chi connectivity index (χ1v) is 9.17. The lowest BCUT2D eigenvalue weighted by atomic mass is 10.1. The van der Waals surface area contributed by atoms with E-state index in [1.807, 2.05) is 13.8 Å². The van der Waals surface area contributed by atoms with Crippen LogP contribution in [0, 0.1) is 5.92 Å². The normalized spacial score (nSPS) is 15.4. The molecular weight excluding hydrogens is 372 g/mol. The standard InChI is InChI=1S/C18H25ClN4O4/c1-11(2)16(20)17(25)21-10-15(24)22-12-3-4-13(14(19)9-12)18(26)23-5-7-27-8-6-23/h3-4,9,11,16H,5-8,10,20H2,1-2H3,(H,21,25)(H,22,24)/t16-/m0/s1. The van der Waals surface area contributed by atoms with Crippen LogP contribution in [0.25, 0.3) is 0 Å². The van der Waals surface area contributed by atoms with E-state index in [9.17, 15) is 14.4 Å². The first kappa shape index (κ1) is 21.1. The third-order valence-corrected chi connectivity index (χ3v) is 4.54. The number of morpholine rings is 1. The molecule has 0 saturated carbocycles. The number of carbonyl (C=O) groups excluding carboxylic acids is 3. The third kappa shape index (κ3) is 5.92. The number of halogens is 1. The molecule has 1 aromatic rings. The zero-order valence-corrected chi connectivity index (χ0v) is 16.2. The third-order valence-electron chi connectivity index (χ3n) is 4.23. The first-order valence-electron chi connectivity index (χ1n) is 8.79. The minimum atomic E-state index is -0.669. The number of ether oxygens (including phenoxy) is 1. The zero-order valence-electron chi connectivity index (χ0n) is 15.5. The zero-order chi connectivity index (χ0) is 20.0. The second kappa shape index (κ2) is 9.68. The fraction of sp³-hybridized carbons (Fsp3) is 0.500. The molecular formula is C18H25ClN4O4. The van der Waals surface area contributed by atoms with E-state index >= 15 is 0 Å². The van der Waals surface area contributed by atoms with Crippen LogP contribution in [-0.4, -0.2) is 61.5 Å². The van der Waals surface area contributed by atoms with Crippen molar-refractivity contribution in [3.8, 4) is 0 Å². The van der Waals surface area contributed by atoms with E-state index in [0.717, 1.165) is 0 Å². The van der Waals surface area contributed by atoms with Crippen LogP contribution < -0.4 is 16.4 Å². The van der Waals surface area contributed by atoms with Crippen molar-refractivity contribution < 1.29 is 19.1 Å². The van der Waals surface area contributed by atoms with E-state index in [2.05, 4.69) is 10.6 Å². The molecule has 2 rings (SSSR count). The van der Waals surface area contributed by atoms with Crippen molar-refractivity contribution in [2.45, 2.75) is 19.9 Å². The Bertz CT molecular complexity index is 705. The highest BCUT2D eigenvalue weighted by Crippen LogP contribution is 2.23. The van der Waals surface area contributed by atoms with Crippen molar-refractivity contribution in [1.29, 1.82) is 0 Å². The van der Waals surface area contributed by atoms with Crippen LogP contribution in [0.1, 0.15) is 24.2 Å². The number of nitrogens with two attached hydrogens (primary N) is 1. The van der Waals surface area contributed by atoms with Crippen LogP contribution in [0.3, 0.4) is 0 Å². The maximum Gasteiger partial charge on any atom is 0.255 e. The molecule has 1 fully saturated rings. The largest absolute Gasteiger partial charge is 0.378 e. The predicted molar refractivity (Wildman–Crippen MR) is 103 cm³/mol. The number of nitrogens with one attached hydrogen (secondary N) is 2. The van der Waals surface area contributed by atoms with Gasteiger partial charge in [0, 0.05) is 18.8 Å². The number of hydrogen-bond donors (Lipinski definition) is 3. The Morgan fingerprint density at radius 1 is 1.26 bits per heavy atom. The number of nitrogens with zero attached hydrogens (tertiary/aromatic N) is 1. The highest BCUT2D eigenvalue weighted by molar-refractivity contribution is 6.34. The van der Waals surface area contributed by atoms with E-state index in [4.69, 9.17) is 22.1 Å². The maximum absolute atomic E-state index is 12.5. The van der Waals surface area contributed by atoms with Gasteiger partial charge in [0.05, 0.1) is 36.4 Å². The number of benzene rings is 1. The molecule has 0 spiro atoms. The molecule has 0 aliphatic carbocycles. The van der Waals surface area contributed by atoms with Crippen LogP contribution in [0.4, 0.5) is 5.69 Å². The summed E-state index contributed by atoms with van der Waals surface area (Å²) in [5, 5.41) is 5.36. The summed E-state index contributed by atoms with van der Waals surface area (Å²) < 4.78 is 5.23. The minimum absolute atomic E-state index is 0.0246. The summed E-state index contributed by atoms with van der Waals surface area (Å²) in [5.74, 6) is -0.994. The van der Waals surface area contributed by atoms with Crippen molar-refractivity contribution in [3.05, 3.63) is 28.8 Å². The molecule has 0 bridgehead atoms. The average Bonchev–Trinajstić information content (AvgIpc) is 2.65. The summed E-state index contributed by atoms with van der Waals surface area (Å²) in [6.07, 6.45) is 0. The fourth-order valence-corrected chi connectivity index (χ4v) is 2.76. The summed E-state index contributed by atoms with van der Waals surface area (Å²) in [6.45, 7) is 5.49. The number of rotatable bonds is 6. The molecule has 4 N–H and O–H groups in total. The van der Waals surface area contributed by atoms with Gasteiger partial charge in [0.2, 0.25) is 11.8 Å². The van der Waals surface area contributed by atoms with Gasteiger partial charge in [0.1, 0.15) is 0 Å². The summed E-state index contributed by atoms with van der Waals surface area (Å²) in [5.41, 5.74) is 6.52. The Morgan fingerprint density at radius 3 is 2.52 bits per heavy atom. The van der Waals surface area contributed by atoms with Crippen LogP contribution in [0.5, 0.6) is 0 Å². The molecule has 0 unspecified atom stereocenters. The van der Waals surface area contributed by atoms with E-state index < -0.39 is 11.9 Å². The molecule has 1 saturated heterocycles. The van der Waals surface area contributed by atoms with Gasteiger partial charge >= 0.3 is 0 Å². The van der Waals surface area contributed by atoms with Gasteiger partial charge in [-0.05, 0) is 24.1 Å². The smallest absolute Gasteiger partial charge is 0.255 e. The molecule has 1 heterocycles. The molecule has 148 valence electrons. The lowest BCUT2D eigenvalue weighted by Gasteiger charge is -2.27. The second-order valence-electron chi connectivity index (χ2n) is 6.63. The van der Waals surface area contributed by atoms with Crippen LogP contribution in [0.2, 0.25) is 5.02 Å². The lowest BCUT2D eigenvalue weighted by Crippen LogP contribution is -2.46. The number of carbonyl (C=O) groups is 3. The van der Waals surface area contributed by atoms with Gasteiger partial charge in [-0.3, -0.25) is 14.4 Å². The molecule has 8 nitrogen and oxygen atoms in total. The number of anilines is 1. The Morgan fingerprint density at radius 2 is 1.93 bits per heavy atom. The van der Waals surface area contributed by atoms with Gasteiger partial charge in [-0.15, -0.1) is 0 Å². The lowest BCUT2D eigenvalue weighted by molar-refractivity contribution is -0.125. The molecule has 1 aliphatic heterocycles. The number of amides is 3. The van der Waals surface area contributed by atoms with Gasteiger partial charge in [0.15, 0.2) is 0 Å². The quantitative estimate of drug-likeness (QED) is 0.659. The topological polar surface area (TPSA) is 114 Å². The van der Waals surface area contributed by atoms with Crippen LogP contribution >= 0.6 is 11.6 Å². The van der Waals surface area contributed by atoms with Gasteiger partial charge < -0.3 is 26.0 Å². The molecule has 9 heteroatoms. The monoisotopic (exact) mass is 396 g/mol. The minimum Gasteiger partial charge on any atom is -0.378 e. The van der Waals surface area contributed by atoms with Crippen molar-refractivity contribution >= 4 is 35.0 Å². The predicted octanol–water partition coefficient (Wildman–Crippen LogP) is 0.850. The Kier molecular flexibility index (Phi) is 7.58. The molecule has 1 aromatic carbocycles. The van der Waals surface area contributed by atoms with Gasteiger partial charge in [-0.25, -0.2) is 0 Å². The van der Waals surface area contributed by atoms with E-state index in [1.54, 1.807) is 17.0 Å². The molecule has 1 atom stereocenters. The Labute approximate surface area is 163 Å². The molecule has 0 radical (unpaired) electrons. The first-order chi connectivity index (χ1) is 12.8. The maximum atomic E-state index is 12.5. The molecule has 1 aliphatic rings. The second-order valence-corrected chi connectivity index (χ2v) is 7.04. The highest BCUT2D eigenvalue weighted by Gasteiger charge is 2.21. The SMILES string of the molecule is CC(C)[C@H](N)C(=O)NCC(=O)Nc1ccc(C(=O)N2CCOCC2)c(Cl)c1. The van der Waals surface area contributed by atoms with Crippen molar-refractivity contribution in [3.63, 3.8) is 0 Å². The van der Waals surface area contributed by atoms with E-state index in [-0.39, 0.29) is 29.3 Å². The van der Waals surface area contributed by atoms with Crippen molar-refractivity contribution in [2.75, 3.05) is 38.2 Å². The van der Waals surface area contributed by atoms with Crippen molar-refractivity contribution in [1.82, 2.24) is 10.2 Å². The Hall–Kier alpha value is -2.16. The summed E-state index contributed by atoms with van der Waals surface area (Å²) >= 11 is 6.21. The van der Waals surface area contributed by atoms with Crippen LogP contribution in [0.15, 0.2) is 18.2 Å². The summed E-state index contributed by atoms with van der Waals surface area (Å²) in [7, 11) is 0. The van der Waals surface area contributed by atoms with E-state index in [0.29, 0.717) is 37.6 Å². The van der Waals surface area contributed by atoms with E-state index in [1.165, 1.54) is 6.07 Å². The van der Waals surface area contributed by atoms with Crippen molar-refractivity contribution in [2.24, 2.45) is 11.7 Å². The summed E-state index contributed by atoms with van der Waals surface area (Å²) in [6, 6.07) is 4.01. The van der Waals surface area contributed by atoms with Crippen LogP contribution in [-0.2, 0) is 14.3 Å². The average molecular weight is 397 g/mol. The highest BCUT2D eigenvalue weighted by atomic mass is 35.5. The van der Waals surface area contributed by atoms with Gasteiger partial charge in [0.25, 0.3) is 5.91 Å².